The first-order chi connectivity index (χ1) is 9.95. The number of hydrogen-bond donors (Lipinski definition) is 0. The van der Waals surface area contributed by atoms with Crippen molar-refractivity contribution in [2.75, 3.05) is 0 Å². The molecule has 0 unspecified atom stereocenters. The van der Waals surface area contributed by atoms with Gasteiger partial charge in [-0.1, -0.05) is 30.0 Å². The minimum absolute atomic E-state index is 0.245. The van der Waals surface area contributed by atoms with E-state index in [-0.39, 0.29) is 5.97 Å². The van der Waals surface area contributed by atoms with Gasteiger partial charge in [0.1, 0.15) is 5.75 Å². The van der Waals surface area contributed by atoms with Crippen LogP contribution in [0.25, 0.3) is 0 Å². The van der Waals surface area contributed by atoms with Crippen LogP contribution in [0.5, 0.6) is 5.75 Å². The van der Waals surface area contributed by atoms with Crippen molar-refractivity contribution < 1.29 is 9.53 Å². The van der Waals surface area contributed by atoms with Gasteiger partial charge in [0, 0.05) is 11.1 Å². The summed E-state index contributed by atoms with van der Waals surface area (Å²) in [5.41, 5.74) is 1.35. The first-order valence-electron chi connectivity index (χ1n) is 6.84. The fourth-order valence-electron chi connectivity index (χ4n) is 1.53. The molecule has 2 rings (SSSR count). The SMILES string of the molecule is CC(C)(C)C(=O)Oc1ccc(C#Cc2ccccc2)cc1. The van der Waals surface area contributed by atoms with Crippen LogP contribution in [0.3, 0.4) is 0 Å². The summed E-state index contributed by atoms with van der Waals surface area (Å²) in [6, 6.07) is 17.0. The zero-order chi connectivity index (χ0) is 15.3. The largest absolute Gasteiger partial charge is 0.426 e. The van der Waals surface area contributed by atoms with Gasteiger partial charge in [-0.15, -0.1) is 0 Å². The zero-order valence-corrected chi connectivity index (χ0v) is 12.5. The standard InChI is InChI=1S/C19H18O2/c1-19(2,3)18(20)21-17-13-11-16(12-14-17)10-9-15-7-5-4-6-8-15/h4-8,11-14H,1-3H3. The highest BCUT2D eigenvalue weighted by Gasteiger charge is 2.23. The van der Waals surface area contributed by atoms with E-state index in [0.29, 0.717) is 5.75 Å². The van der Waals surface area contributed by atoms with E-state index in [9.17, 15) is 4.79 Å². The summed E-state index contributed by atoms with van der Waals surface area (Å²) in [6.45, 7) is 5.49. The molecule has 21 heavy (non-hydrogen) atoms. The van der Waals surface area contributed by atoms with Crippen LogP contribution in [0.1, 0.15) is 31.9 Å². The number of carbonyl (C=O) groups excluding carboxylic acids is 1. The predicted octanol–water partition coefficient (Wildman–Crippen LogP) is 4.04. The first kappa shape index (κ1) is 14.9. The van der Waals surface area contributed by atoms with Crippen molar-refractivity contribution in [3.05, 3.63) is 65.7 Å². The molecule has 0 saturated heterocycles. The molecule has 0 N–H and O–H groups in total. The summed E-state index contributed by atoms with van der Waals surface area (Å²) < 4.78 is 5.31. The Hall–Kier alpha value is -2.53. The van der Waals surface area contributed by atoms with E-state index < -0.39 is 5.41 Å². The first-order valence-corrected chi connectivity index (χ1v) is 6.84. The van der Waals surface area contributed by atoms with E-state index in [0.717, 1.165) is 11.1 Å². The van der Waals surface area contributed by atoms with E-state index in [1.54, 1.807) is 12.1 Å². The quantitative estimate of drug-likeness (QED) is 0.447. The minimum atomic E-state index is -0.508. The summed E-state index contributed by atoms with van der Waals surface area (Å²) in [5.74, 6) is 6.47. The molecule has 0 aliphatic heterocycles. The number of ether oxygens (including phenoxy) is 1. The molecule has 0 aliphatic carbocycles. The topological polar surface area (TPSA) is 26.3 Å². The van der Waals surface area contributed by atoms with Crippen molar-refractivity contribution >= 4 is 5.97 Å². The third-order valence-electron chi connectivity index (χ3n) is 2.80. The molecule has 2 heteroatoms. The minimum Gasteiger partial charge on any atom is -0.426 e. The molecule has 0 radical (unpaired) electrons. The van der Waals surface area contributed by atoms with Gasteiger partial charge in [-0.2, -0.15) is 0 Å². The Kier molecular flexibility index (Phi) is 4.45. The van der Waals surface area contributed by atoms with Crippen LogP contribution < -0.4 is 4.74 Å². The van der Waals surface area contributed by atoms with Crippen LogP contribution >= 0.6 is 0 Å². The molecule has 0 heterocycles. The van der Waals surface area contributed by atoms with Gasteiger partial charge >= 0.3 is 5.97 Å². The van der Waals surface area contributed by atoms with Crippen LogP contribution in [0.4, 0.5) is 0 Å². The predicted molar refractivity (Wildman–Crippen MR) is 84.0 cm³/mol. The Labute approximate surface area is 125 Å². The van der Waals surface area contributed by atoms with Gasteiger partial charge < -0.3 is 4.74 Å². The number of rotatable bonds is 1. The molecule has 0 aromatic heterocycles. The second kappa shape index (κ2) is 6.28. The normalized spacial score (nSPS) is 10.4. The van der Waals surface area contributed by atoms with Crippen LogP contribution in [0.2, 0.25) is 0 Å². The summed E-state index contributed by atoms with van der Waals surface area (Å²) >= 11 is 0. The number of benzene rings is 2. The maximum Gasteiger partial charge on any atom is 0.316 e. The summed E-state index contributed by atoms with van der Waals surface area (Å²) in [6.07, 6.45) is 0. The Morgan fingerprint density at radius 2 is 1.38 bits per heavy atom. The Morgan fingerprint density at radius 1 is 0.857 bits per heavy atom. The molecular formula is C19H18O2. The molecular weight excluding hydrogens is 260 g/mol. The van der Waals surface area contributed by atoms with Crippen molar-refractivity contribution in [2.24, 2.45) is 5.41 Å². The molecule has 106 valence electrons. The van der Waals surface area contributed by atoms with Gasteiger partial charge in [-0.25, -0.2) is 0 Å². The molecule has 2 aromatic carbocycles. The second-order valence-corrected chi connectivity index (χ2v) is 5.78. The zero-order valence-electron chi connectivity index (χ0n) is 12.5. The molecule has 0 spiro atoms. The molecule has 2 nitrogen and oxygen atoms in total. The highest BCUT2D eigenvalue weighted by atomic mass is 16.5. The lowest BCUT2D eigenvalue weighted by atomic mass is 9.97. The van der Waals surface area contributed by atoms with E-state index in [1.807, 2.05) is 63.2 Å². The smallest absolute Gasteiger partial charge is 0.316 e. The van der Waals surface area contributed by atoms with Crippen LogP contribution in [-0.2, 0) is 4.79 Å². The van der Waals surface area contributed by atoms with Crippen LogP contribution in [0.15, 0.2) is 54.6 Å². The van der Waals surface area contributed by atoms with Crippen LogP contribution in [0, 0.1) is 17.3 Å². The lowest BCUT2D eigenvalue weighted by molar-refractivity contribution is -0.142. The van der Waals surface area contributed by atoms with Crippen molar-refractivity contribution in [1.82, 2.24) is 0 Å². The summed E-state index contributed by atoms with van der Waals surface area (Å²) in [4.78, 5) is 11.8. The van der Waals surface area contributed by atoms with Gasteiger partial charge in [-0.3, -0.25) is 4.79 Å². The van der Waals surface area contributed by atoms with Crippen molar-refractivity contribution in [3.8, 4) is 17.6 Å². The number of carbonyl (C=O) groups is 1. The Bertz CT molecular complexity index is 665. The van der Waals surface area contributed by atoms with E-state index >= 15 is 0 Å². The Balaban J connectivity index is 2.07. The van der Waals surface area contributed by atoms with Gasteiger partial charge in [0.05, 0.1) is 5.41 Å². The van der Waals surface area contributed by atoms with Gasteiger partial charge in [0.15, 0.2) is 0 Å². The summed E-state index contributed by atoms with van der Waals surface area (Å²) in [5, 5.41) is 0. The van der Waals surface area contributed by atoms with Crippen molar-refractivity contribution in [3.63, 3.8) is 0 Å². The van der Waals surface area contributed by atoms with Crippen molar-refractivity contribution in [1.29, 1.82) is 0 Å². The third kappa shape index (κ3) is 4.50. The molecule has 0 amide bonds. The second-order valence-electron chi connectivity index (χ2n) is 5.78. The molecule has 0 atom stereocenters. The fraction of sp³-hybridized carbons (Fsp3) is 0.211. The van der Waals surface area contributed by atoms with Gasteiger partial charge in [0.25, 0.3) is 0 Å². The fourth-order valence-corrected chi connectivity index (χ4v) is 1.53. The summed E-state index contributed by atoms with van der Waals surface area (Å²) in [7, 11) is 0. The van der Waals surface area contributed by atoms with Crippen molar-refractivity contribution in [2.45, 2.75) is 20.8 Å². The van der Waals surface area contributed by atoms with E-state index in [1.165, 1.54) is 0 Å². The molecule has 0 aliphatic rings. The highest BCUT2D eigenvalue weighted by Crippen LogP contribution is 2.19. The molecule has 0 bridgehead atoms. The molecule has 2 aromatic rings. The monoisotopic (exact) mass is 278 g/mol. The third-order valence-corrected chi connectivity index (χ3v) is 2.80. The van der Waals surface area contributed by atoms with Crippen LogP contribution in [-0.4, -0.2) is 5.97 Å². The maximum absolute atomic E-state index is 11.8. The Morgan fingerprint density at radius 3 is 1.90 bits per heavy atom. The number of esters is 1. The highest BCUT2D eigenvalue weighted by molar-refractivity contribution is 5.77. The average Bonchev–Trinajstić information content (AvgIpc) is 2.46. The van der Waals surface area contributed by atoms with E-state index in [2.05, 4.69) is 11.8 Å². The molecule has 0 fully saturated rings. The maximum atomic E-state index is 11.8. The lowest BCUT2D eigenvalue weighted by Crippen LogP contribution is -2.25. The van der Waals surface area contributed by atoms with E-state index in [4.69, 9.17) is 4.74 Å². The molecule has 0 saturated carbocycles. The van der Waals surface area contributed by atoms with Gasteiger partial charge in [0.2, 0.25) is 0 Å². The average molecular weight is 278 g/mol. The van der Waals surface area contributed by atoms with Gasteiger partial charge in [-0.05, 0) is 57.2 Å². The number of hydrogen-bond acceptors (Lipinski definition) is 2. The lowest BCUT2D eigenvalue weighted by Gasteiger charge is -2.16.